The van der Waals surface area contributed by atoms with Crippen molar-refractivity contribution in [2.45, 2.75) is 27.3 Å². The van der Waals surface area contributed by atoms with E-state index in [4.69, 9.17) is 9.15 Å². The number of hydrogen-bond donors (Lipinski definition) is 1. The van der Waals surface area contributed by atoms with E-state index in [0.717, 1.165) is 41.7 Å². The summed E-state index contributed by atoms with van der Waals surface area (Å²) < 4.78 is 10.5. The molecule has 6 nitrogen and oxygen atoms in total. The third-order valence-electron chi connectivity index (χ3n) is 4.95. The molecule has 1 aliphatic rings. The third kappa shape index (κ3) is 3.69. The molecule has 0 spiro atoms. The molecular weight excluding hydrogens is 320 g/mol. The Morgan fingerprint density at radius 2 is 2.00 bits per heavy atom. The van der Waals surface area contributed by atoms with Gasteiger partial charge in [0.25, 0.3) is 0 Å². The maximum absolute atomic E-state index is 12.0. The first-order valence-corrected chi connectivity index (χ1v) is 8.77. The predicted molar refractivity (Wildman–Crippen MR) is 95.0 cm³/mol. The maximum atomic E-state index is 12.0. The van der Waals surface area contributed by atoms with Gasteiger partial charge in [-0.15, -0.1) is 0 Å². The first-order chi connectivity index (χ1) is 12.0. The summed E-state index contributed by atoms with van der Waals surface area (Å²) in [5, 5.41) is 1.00. The number of rotatable bonds is 3. The van der Waals surface area contributed by atoms with Crippen LogP contribution in [-0.2, 0) is 11.3 Å². The van der Waals surface area contributed by atoms with Gasteiger partial charge >= 0.3 is 11.7 Å². The summed E-state index contributed by atoms with van der Waals surface area (Å²) >= 11 is 0. The lowest BCUT2D eigenvalue weighted by atomic mass is 10.0. The van der Waals surface area contributed by atoms with Crippen LogP contribution in [0.1, 0.15) is 23.6 Å². The van der Waals surface area contributed by atoms with Crippen molar-refractivity contribution in [1.29, 1.82) is 0 Å². The monoisotopic (exact) mass is 345 g/mol. The zero-order chi connectivity index (χ0) is 18.0. The van der Waals surface area contributed by atoms with Gasteiger partial charge in [0.15, 0.2) is 0 Å². The van der Waals surface area contributed by atoms with Gasteiger partial charge in [-0.2, -0.15) is 0 Å². The van der Waals surface area contributed by atoms with E-state index in [9.17, 15) is 9.59 Å². The Kier molecular flexibility index (Phi) is 5.08. The number of carbonyl (C=O) groups is 1. The summed E-state index contributed by atoms with van der Waals surface area (Å²) in [6, 6.07) is 5.70. The topological polar surface area (TPSA) is 64.2 Å². The molecule has 0 saturated carbocycles. The molecule has 0 unspecified atom stereocenters. The largest absolute Gasteiger partial charge is 0.450 e. The van der Waals surface area contributed by atoms with Crippen molar-refractivity contribution < 1.29 is 18.8 Å². The number of amides is 1. The molecule has 1 amide bonds. The number of nitrogens with zero attached hydrogens (tertiary/aromatic N) is 1. The summed E-state index contributed by atoms with van der Waals surface area (Å²) in [6.07, 6.45) is -0.238. The van der Waals surface area contributed by atoms with Crippen LogP contribution in [-0.4, -0.2) is 43.8 Å². The first-order valence-electron chi connectivity index (χ1n) is 8.77. The minimum atomic E-state index is -0.305. The van der Waals surface area contributed by atoms with Gasteiger partial charge in [0.2, 0.25) is 0 Å². The van der Waals surface area contributed by atoms with Crippen molar-refractivity contribution in [2.24, 2.45) is 0 Å². The summed E-state index contributed by atoms with van der Waals surface area (Å²) in [5.74, 6) is 0. The van der Waals surface area contributed by atoms with E-state index in [0.29, 0.717) is 25.3 Å². The van der Waals surface area contributed by atoms with Crippen LogP contribution in [0, 0.1) is 13.8 Å². The highest BCUT2D eigenvalue weighted by molar-refractivity contribution is 5.83. The normalized spacial score (nSPS) is 15.6. The SMILES string of the molecule is CCOC(=O)N1CC[NH+](Cc2cc(=O)oc3c(C)c(C)ccc23)CC1. The van der Waals surface area contributed by atoms with Crippen molar-refractivity contribution in [3.8, 4) is 0 Å². The van der Waals surface area contributed by atoms with Crippen LogP contribution in [0.15, 0.2) is 27.4 Å². The second-order valence-corrected chi connectivity index (χ2v) is 6.59. The lowest BCUT2D eigenvalue weighted by Crippen LogP contribution is -3.13. The summed E-state index contributed by atoms with van der Waals surface area (Å²) in [7, 11) is 0. The molecule has 1 aliphatic heterocycles. The van der Waals surface area contributed by atoms with Gasteiger partial charge in [-0.05, 0) is 31.9 Å². The van der Waals surface area contributed by atoms with Gasteiger partial charge < -0.3 is 14.1 Å². The fraction of sp³-hybridized carbons (Fsp3) is 0.474. The predicted octanol–water partition coefficient (Wildman–Crippen LogP) is 1.27. The van der Waals surface area contributed by atoms with E-state index in [1.165, 1.54) is 4.90 Å². The zero-order valence-corrected chi connectivity index (χ0v) is 15.1. The second-order valence-electron chi connectivity index (χ2n) is 6.59. The Morgan fingerprint density at radius 3 is 2.68 bits per heavy atom. The number of hydrogen-bond acceptors (Lipinski definition) is 4. The zero-order valence-electron chi connectivity index (χ0n) is 15.1. The van der Waals surface area contributed by atoms with Crippen LogP contribution >= 0.6 is 0 Å². The minimum Gasteiger partial charge on any atom is -0.450 e. The number of benzene rings is 1. The molecule has 0 aliphatic carbocycles. The summed E-state index contributed by atoms with van der Waals surface area (Å²) in [6.45, 7) is 9.98. The molecule has 2 aromatic rings. The van der Waals surface area contributed by atoms with E-state index in [1.807, 2.05) is 26.8 Å². The molecule has 25 heavy (non-hydrogen) atoms. The smallest absolute Gasteiger partial charge is 0.410 e. The van der Waals surface area contributed by atoms with Crippen LogP contribution in [0.5, 0.6) is 0 Å². The minimum absolute atomic E-state index is 0.238. The number of piperazine rings is 1. The molecule has 0 atom stereocenters. The molecule has 0 radical (unpaired) electrons. The van der Waals surface area contributed by atoms with Gasteiger partial charge in [0.1, 0.15) is 12.1 Å². The van der Waals surface area contributed by atoms with E-state index < -0.39 is 0 Å². The highest BCUT2D eigenvalue weighted by Crippen LogP contribution is 2.22. The molecule has 1 saturated heterocycles. The quantitative estimate of drug-likeness (QED) is 0.851. The molecule has 3 rings (SSSR count). The van der Waals surface area contributed by atoms with E-state index in [2.05, 4.69) is 6.07 Å². The Morgan fingerprint density at radius 1 is 1.28 bits per heavy atom. The van der Waals surface area contributed by atoms with Crippen LogP contribution in [0.3, 0.4) is 0 Å². The Balaban J connectivity index is 1.77. The van der Waals surface area contributed by atoms with Gasteiger partial charge in [-0.25, -0.2) is 9.59 Å². The average Bonchev–Trinajstić information content (AvgIpc) is 2.59. The van der Waals surface area contributed by atoms with Gasteiger partial charge in [0, 0.05) is 17.0 Å². The number of quaternary nitrogens is 1. The number of carbonyl (C=O) groups excluding carboxylic acids is 1. The number of aryl methyl sites for hydroxylation is 2. The standard InChI is InChI=1S/C19H24N2O4/c1-4-24-19(23)21-9-7-20(8-10-21)12-15-11-17(22)25-18-14(3)13(2)5-6-16(15)18/h5-6,11H,4,7-10,12H2,1-3H3/p+1. The molecule has 2 heterocycles. The van der Waals surface area contributed by atoms with Crippen molar-refractivity contribution in [3.05, 3.63) is 45.3 Å². The Labute approximate surface area is 147 Å². The molecule has 6 heteroatoms. The van der Waals surface area contributed by atoms with Crippen molar-refractivity contribution in [3.63, 3.8) is 0 Å². The highest BCUT2D eigenvalue weighted by atomic mass is 16.6. The Hall–Kier alpha value is -2.34. The van der Waals surface area contributed by atoms with Crippen molar-refractivity contribution >= 4 is 17.1 Å². The average molecular weight is 345 g/mol. The van der Waals surface area contributed by atoms with E-state index in [1.54, 1.807) is 11.0 Å². The Bertz CT molecular complexity index is 835. The summed E-state index contributed by atoms with van der Waals surface area (Å²) in [4.78, 5) is 26.9. The van der Waals surface area contributed by atoms with Crippen LogP contribution in [0.25, 0.3) is 11.0 Å². The molecule has 1 N–H and O–H groups in total. The van der Waals surface area contributed by atoms with Gasteiger partial charge in [-0.1, -0.05) is 12.1 Å². The molecular formula is C19H25N2O4+. The van der Waals surface area contributed by atoms with Crippen molar-refractivity contribution in [1.82, 2.24) is 4.90 Å². The highest BCUT2D eigenvalue weighted by Gasteiger charge is 2.25. The number of fused-ring (bicyclic) bond motifs is 1. The van der Waals surface area contributed by atoms with Crippen LogP contribution < -0.4 is 10.5 Å². The van der Waals surface area contributed by atoms with E-state index >= 15 is 0 Å². The van der Waals surface area contributed by atoms with Gasteiger partial charge in [-0.3, -0.25) is 4.90 Å². The van der Waals surface area contributed by atoms with Crippen LogP contribution in [0.2, 0.25) is 0 Å². The van der Waals surface area contributed by atoms with Gasteiger partial charge in [0.05, 0.1) is 32.8 Å². The fourth-order valence-corrected chi connectivity index (χ4v) is 3.34. The molecule has 0 bridgehead atoms. The molecule has 1 aromatic carbocycles. The first kappa shape index (κ1) is 17.5. The lowest BCUT2D eigenvalue weighted by molar-refractivity contribution is -0.917. The number of ether oxygens (including phenoxy) is 1. The third-order valence-corrected chi connectivity index (χ3v) is 4.95. The lowest BCUT2D eigenvalue weighted by Gasteiger charge is -2.31. The fourth-order valence-electron chi connectivity index (χ4n) is 3.34. The van der Waals surface area contributed by atoms with Crippen molar-refractivity contribution in [2.75, 3.05) is 32.8 Å². The second kappa shape index (κ2) is 7.27. The van der Waals surface area contributed by atoms with E-state index in [-0.39, 0.29) is 11.7 Å². The van der Waals surface area contributed by atoms with Crippen LogP contribution in [0.4, 0.5) is 4.79 Å². The summed E-state index contributed by atoms with van der Waals surface area (Å²) in [5.41, 5.74) is 3.52. The number of nitrogens with one attached hydrogen (secondary N) is 1. The molecule has 134 valence electrons. The maximum Gasteiger partial charge on any atom is 0.410 e. The molecule has 1 aromatic heterocycles. The molecule has 1 fully saturated rings.